The number of benzene rings is 1. The number of nitriles is 1. The quantitative estimate of drug-likeness (QED) is 0.473. The van der Waals surface area contributed by atoms with E-state index in [0.717, 1.165) is 5.56 Å². The molecular weight excluding hydrogens is 138 g/mol. The highest BCUT2D eigenvalue weighted by Gasteiger charge is 1.96. The van der Waals surface area contributed by atoms with Crippen molar-refractivity contribution in [2.24, 2.45) is 5.84 Å². The Balaban J connectivity index is 2.95. The molecule has 1 aromatic carbocycles. The predicted molar refractivity (Wildman–Crippen MR) is 42.2 cm³/mol. The van der Waals surface area contributed by atoms with E-state index in [9.17, 15) is 0 Å². The molecule has 3 nitrogen and oxygen atoms in total. The fraction of sp³-hybridized carbons (Fsp3) is 0.125. The van der Waals surface area contributed by atoms with Crippen LogP contribution in [0.2, 0.25) is 0 Å². The smallest absolute Gasteiger partial charge is 0.0995 e. The highest BCUT2D eigenvalue weighted by molar-refractivity contribution is 5.36. The van der Waals surface area contributed by atoms with Crippen molar-refractivity contribution in [3.05, 3.63) is 35.4 Å². The van der Waals surface area contributed by atoms with Crippen LogP contribution in [0.5, 0.6) is 0 Å². The van der Waals surface area contributed by atoms with Crippen LogP contribution in [-0.2, 0) is 6.54 Å². The second-order valence-electron chi connectivity index (χ2n) is 2.15. The summed E-state index contributed by atoms with van der Waals surface area (Å²) in [5.41, 5.74) is 4.11. The third-order valence-corrected chi connectivity index (χ3v) is 1.43. The molecule has 1 rings (SSSR count). The van der Waals surface area contributed by atoms with Gasteiger partial charge in [-0.2, -0.15) is 5.26 Å². The summed E-state index contributed by atoms with van der Waals surface area (Å²) in [6.07, 6.45) is 0. The minimum absolute atomic E-state index is 0.531. The minimum atomic E-state index is 0.531. The van der Waals surface area contributed by atoms with E-state index in [1.807, 2.05) is 18.2 Å². The molecule has 0 aliphatic rings. The first-order chi connectivity index (χ1) is 5.38. The van der Waals surface area contributed by atoms with Crippen LogP contribution in [0.1, 0.15) is 11.1 Å². The summed E-state index contributed by atoms with van der Waals surface area (Å²) in [5, 5.41) is 8.63. The van der Waals surface area contributed by atoms with E-state index in [-0.39, 0.29) is 0 Å². The van der Waals surface area contributed by atoms with Gasteiger partial charge in [0.1, 0.15) is 0 Å². The van der Waals surface area contributed by atoms with Crippen molar-refractivity contribution >= 4 is 0 Å². The SMILES string of the molecule is N#Cc1ccccc1CNN. The molecule has 1 aromatic rings. The summed E-state index contributed by atoms with van der Waals surface area (Å²) in [7, 11) is 0. The van der Waals surface area contributed by atoms with Gasteiger partial charge in [0.2, 0.25) is 0 Å². The number of hydrogen-bond donors (Lipinski definition) is 2. The van der Waals surface area contributed by atoms with E-state index in [1.54, 1.807) is 6.07 Å². The maximum absolute atomic E-state index is 8.63. The molecule has 0 spiro atoms. The standard InChI is InChI=1S/C8H9N3/c9-5-7-3-1-2-4-8(7)6-11-10/h1-4,11H,6,10H2. The van der Waals surface area contributed by atoms with Crippen LogP contribution >= 0.6 is 0 Å². The van der Waals surface area contributed by atoms with Crippen LogP contribution in [0, 0.1) is 11.3 Å². The Bertz CT molecular complexity index is 275. The number of nitrogens with zero attached hydrogens (tertiary/aromatic N) is 1. The first-order valence-electron chi connectivity index (χ1n) is 3.30. The van der Waals surface area contributed by atoms with E-state index in [4.69, 9.17) is 11.1 Å². The summed E-state index contributed by atoms with van der Waals surface area (Å²) < 4.78 is 0. The average Bonchev–Trinajstić information content (AvgIpc) is 2.06. The third-order valence-electron chi connectivity index (χ3n) is 1.43. The Morgan fingerprint density at radius 3 is 2.82 bits per heavy atom. The van der Waals surface area contributed by atoms with Gasteiger partial charge in [-0.05, 0) is 11.6 Å². The zero-order chi connectivity index (χ0) is 8.10. The first-order valence-corrected chi connectivity index (χ1v) is 3.30. The van der Waals surface area contributed by atoms with E-state index in [1.165, 1.54) is 0 Å². The molecule has 0 atom stereocenters. The molecule has 0 unspecified atom stereocenters. The van der Waals surface area contributed by atoms with Crippen LogP contribution in [0.3, 0.4) is 0 Å². The molecule has 0 radical (unpaired) electrons. The average molecular weight is 147 g/mol. The van der Waals surface area contributed by atoms with Crippen LogP contribution in [0.15, 0.2) is 24.3 Å². The number of nitrogens with two attached hydrogens (primary N) is 1. The maximum atomic E-state index is 8.63. The van der Waals surface area contributed by atoms with E-state index < -0.39 is 0 Å². The number of hydrogen-bond acceptors (Lipinski definition) is 3. The highest BCUT2D eigenvalue weighted by Crippen LogP contribution is 2.05. The van der Waals surface area contributed by atoms with Gasteiger partial charge in [0.05, 0.1) is 11.6 Å². The van der Waals surface area contributed by atoms with Crippen LogP contribution in [-0.4, -0.2) is 0 Å². The lowest BCUT2D eigenvalue weighted by atomic mass is 10.1. The molecule has 0 saturated carbocycles. The van der Waals surface area contributed by atoms with Gasteiger partial charge >= 0.3 is 0 Å². The van der Waals surface area contributed by atoms with Gasteiger partial charge < -0.3 is 0 Å². The summed E-state index contributed by atoms with van der Waals surface area (Å²) in [4.78, 5) is 0. The fourth-order valence-corrected chi connectivity index (χ4v) is 0.893. The molecule has 0 aliphatic carbocycles. The van der Waals surface area contributed by atoms with Gasteiger partial charge in [-0.25, -0.2) is 0 Å². The topological polar surface area (TPSA) is 61.8 Å². The second kappa shape index (κ2) is 3.71. The van der Waals surface area contributed by atoms with Gasteiger partial charge in [0.15, 0.2) is 0 Å². The van der Waals surface area contributed by atoms with Crippen LogP contribution < -0.4 is 11.3 Å². The summed E-state index contributed by atoms with van der Waals surface area (Å²) in [6.45, 7) is 0.531. The van der Waals surface area contributed by atoms with Gasteiger partial charge in [0, 0.05) is 6.54 Å². The molecule has 11 heavy (non-hydrogen) atoms. The molecular formula is C8H9N3. The van der Waals surface area contributed by atoms with Crippen LogP contribution in [0.4, 0.5) is 0 Å². The van der Waals surface area contributed by atoms with Crippen molar-refractivity contribution in [2.45, 2.75) is 6.54 Å². The van der Waals surface area contributed by atoms with Gasteiger partial charge in [-0.15, -0.1) is 0 Å². The summed E-state index contributed by atoms with van der Waals surface area (Å²) in [6, 6.07) is 9.44. The summed E-state index contributed by atoms with van der Waals surface area (Å²) >= 11 is 0. The van der Waals surface area contributed by atoms with E-state index in [2.05, 4.69) is 11.5 Å². The zero-order valence-electron chi connectivity index (χ0n) is 6.04. The molecule has 0 saturated heterocycles. The van der Waals surface area contributed by atoms with E-state index >= 15 is 0 Å². The number of rotatable bonds is 2. The minimum Gasteiger partial charge on any atom is -0.271 e. The normalized spacial score (nSPS) is 9.09. The number of hydrazine groups is 1. The molecule has 3 heteroatoms. The van der Waals surface area contributed by atoms with Gasteiger partial charge in [-0.3, -0.25) is 11.3 Å². The lowest BCUT2D eigenvalue weighted by molar-refractivity contribution is 0.740. The Morgan fingerprint density at radius 2 is 2.18 bits per heavy atom. The van der Waals surface area contributed by atoms with Crippen molar-refractivity contribution in [1.82, 2.24) is 5.43 Å². The molecule has 0 aliphatic heterocycles. The Labute approximate surface area is 65.4 Å². The van der Waals surface area contributed by atoms with Crippen molar-refractivity contribution in [1.29, 1.82) is 5.26 Å². The van der Waals surface area contributed by atoms with Crippen molar-refractivity contribution in [3.63, 3.8) is 0 Å². The Kier molecular flexibility index (Phi) is 2.61. The van der Waals surface area contributed by atoms with Crippen LogP contribution in [0.25, 0.3) is 0 Å². The van der Waals surface area contributed by atoms with Crippen molar-refractivity contribution in [2.75, 3.05) is 0 Å². The molecule has 0 bridgehead atoms. The molecule has 0 aromatic heterocycles. The lowest BCUT2D eigenvalue weighted by Crippen LogP contribution is -2.21. The van der Waals surface area contributed by atoms with Gasteiger partial charge in [-0.1, -0.05) is 18.2 Å². The molecule has 0 fully saturated rings. The van der Waals surface area contributed by atoms with Crippen molar-refractivity contribution < 1.29 is 0 Å². The lowest BCUT2D eigenvalue weighted by Gasteiger charge is -2.00. The first kappa shape index (κ1) is 7.73. The fourth-order valence-electron chi connectivity index (χ4n) is 0.893. The largest absolute Gasteiger partial charge is 0.271 e. The Morgan fingerprint density at radius 1 is 1.45 bits per heavy atom. The third kappa shape index (κ3) is 1.77. The van der Waals surface area contributed by atoms with Crippen molar-refractivity contribution in [3.8, 4) is 6.07 Å². The molecule has 0 amide bonds. The monoisotopic (exact) mass is 147 g/mol. The predicted octanol–water partition coefficient (Wildman–Crippen LogP) is 0.522. The summed E-state index contributed by atoms with van der Waals surface area (Å²) in [5.74, 6) is 5.12. The zero-order valence-corrected chi connectivity index (χ0v) is 6.04. The van der Waals surface area contributed by atoms with Gasteiger partial charge in [0.25, 0.3) is 0 Å². The van der Waals surface area contributed by atoms with E-state index in [0.29, 0.717) is 12.1 Å². The second-order valence-corrected chi connectivity index (χ2v) is 2.15. The Hall–Kier alpha value is -1.37. The highest BCUT2D eigenvalue weighted by atomic mass is 15.2. The molecule has 56 valence electrons. The number of nitrogens with one attached hydrogen (secondary N) is 1. The molecule has 3 N–H and O–H groups in total. The molecule has 0 heterocycles. The maximum Gasteiger partial charge on any atom is 0.0995 e.